The highest BCUT2D eigenvalue weighted by atomic mass is 16.7. The van der Waals surface area contributed by atoms with Crippen molar-refractivity contribution in [3.8, 4) is 11.1 Å². The van der Waals surface area contributed by atoms with Crippen molar-refractivity contribution in [3.63, 3.8) is 0 Å². The fourth-order valence-electron chi connectivity index (χ4n) is 1.91. The second-order valence-corrected chi connectivity index (χ2v) is 3.88. The molecule has 0 radical (unpaired) electrons. The molecule has 2 rings (SSSR count). The van der Waals surface area contributed by atoms with Gasteiger partial charge in [-0.05, 0) is 11.6 Å². The van der Waals surface area contributed by atoms with Crippen molar-refractivity contribution in [2.75, 3.05) is 12.2 Å². The van der Waals surface area contributed by atoms with Crippen molar-refractivity contribution < 1.29 is 9.63 Å². The van der Waals surface area contributed by atoms with Gasteiger partial charge in [-0.15, -0.1) is 0 Å². The minimum atomic E-state index is -0.152. The van der Waals surface area contributed by atoms with E-state index in [-0.39, 0.29) is 5.91 Å². The smallest absolute Gasteiger partial charge is 0.247 e. The standard InChI is InChI=1S/C15H15NO2/c1-12(17)16(18-2)15-11-7-6-10-14(15)13-8-4-3-5-9-13/h3-11H,1-2H3. The van der Waals surface area contributed by atoms with E-state index in [1.165, 1.54) is 19.1 Å². The first-order chi connectivity index (χ1) is 8.74. The molecular weight excluding hydrogens is 226 g/mol. The number of rotatable bonds is 3. The van der Waals surface area contributed by atoms with Crippen LogP contribution in [0.15, 0.2) is 54.6 Å². The summed E-state index contributed by atoms with van der Waals surface area (Å²) in [4.78, 5) is 16.7. The maximum atomic E-state index is 11.6. The van der Waals surface area contributed by atoms with Gasteiger partial charge in [0.05, 0.1) is 12.8 Å². The van der Waals surface area contributed by atoms with Crippen LogP contribution in [-0.4, -0.2) is 13.0 Å². The van der Waals surface area contributed by atoms with Crippen LogP contribution in [0.3, 0.4) is 0 Å². The first-order valence-electron chi connectivity index (χ1n) is 5.73. The van der Waals surface area contributed by atoms with Gasteiger partial charge in [0.2, 0.25) is 5.91 Å². The van der Waals surface area contributed by atoms with Gasteiger partial charge < -0.3 is 0 Å². The molecular formula is C15H15NO2. The van der Waals surface area contributed by atoms with Crippen LogP contribution in [0, 0.1) is 0 Å². The predicted molar refractivity (Wildman–Crippen MR) is 72.0 cm³/mol. The lowest BCUT2D eigenvalue weighted by Gasteiger charge is -2.21. The molecule has 3 heteroatoms. The second kappa shape index (κ2) is 5.47. The summed E-state index contributed by atoms with van der Waals surface area (Å²) in [6.07, 6.45) is 0. The normalized spacial score (nSPS) is 10.1. The molecule has 0 unspecified atom stereocenters. The third-order valence-corrected chi connectivity index (χ3v) is 2.68. The fraction of sp³-hybridized carbons (Fsp3) is 0.133. The molecule has 0 atom stereocenters. The van der Waals surface area contributed by atoms with Gasteiger partial charge >= 0.3 is 0 Å². The van der Waals surface area contributed by atoms with E-state index < -0.39 is 0 Å². The van der Waals surface area contributed by atoms with E-state index in [1.54, 1.807) is 0 Å². The molecule has 18 heavy (non-hydrogen) atoms. The zero-order valence-electron chi connectivity index (χ0n) is 10.5. The van der Waals surface area contributed by atoms with Crippen LogP contribution in [0.4, 0.5) is 5.69 Å². The molecule has 1 amide bonds. The Morgan fingerprint density at radius 2 is 1.61 bits per heavy atom. The van der Waals surface area contributed by atoms with Crippen molar-refractivity contribution >= 4 is 11.6 Å². The van der Waals surface area contributed by atoms with E-state index >= 15 is 0 Å². The Morgan fingerprint density at radius 1 is 1.00 bits per heavy atom. The Labute approximate surface area is 107 Å². The average molecular weight is 241 g/mol. The Kier molecular flexibility index (Phi) is 3.75. The third kappa shape index (κ3) is 2.41. The van der Waals surface area contributed by atoms with Crippen molar-refractivity contribution in [2.45, 2.75) is 6.92 Å². The van der Waals surface area contributed by atoms with E-state index in [2.05, 4.69) is 0 Å². The Morgan fingerprint density at radius 3 is 2.22 bits per heavy atom. The molecule has 0 aromatic heterocycles. The van der Waals surface area contributed by atoms with Crippen LogP contribution < -0.4 is 5.06 Å². The Balaban J connectivity index is 2.53. The summed E-state index contributed by atoms with van der Waals surface area (Å²) in [6.45, 7) is 1.48. The van der Waals surface area contributed by atoms with E-state index in [0.29, 0.717) is 0 Å². The number of hydrogen-bond acceptors (Lipinski definition) is 2. The molecule has 0 saturated heterocycles. The first kappa shape index (κ1) is 12.3. The van der Waals surface area contributed by atoms with Gasteiger partial charge in [-0.25, -0.2) is 0 Å². The SMILES string of the molecule is CON(C(C)=O)c1ccccc1-c1ccccc1. The largest absolute Gasteiger partial charge is 0.273 e. The summed E-state index contributed by atoms with van der Waals surface area (Å²) in [7, 11) is 1.49. The lowest BCUT2D eigenvalue weighted by atomic mass is 10.0. The second-order valence-electron chi connectivity index (χ2n) is 3.88. The van der Waals surface area contributed by atoms with E-state index in [1.807, 2.05) is 54.6 Å². The molecule has 0 N–H and O–H groups in total. The number of anilines is 1. The maximum absolute atomic E-state index is 11.6. The lowest BCUT2D eigenvalue weighted by Crippen LogP contribution is -2.27. The molecule has 0 heterocycles. The number of carbonyl (C=O) groups is 1. The van der Waals surface area contributed by atoms with Gasteiger partial charge in [0.15, 0.2) is 0 Å². The van der Waals surface area contributed by atoms with Gasteiger partial charge in [0.25, 0.3) is 0 Å². The predicted octanol–water partition coefficient (Wildman–Crippen LogP) is 3.27. The van der Waals surface area contributed by atoms with Crippen molar-refractivity contribution in [2.24, 2.45) is 0 Å². The van der Waals surface area contributed by atoms with Gasteiger partial charge in [0.1, 0.15) is 0 Å². The number of hydrogen-bond donors (Lipinski definition) is 0. The molecule has 0 saturated carbocycles. The molecule has 2 aromatic carbocycles. The fourth-order valence-corrected chi connectivity index (χ4v) is 1.91. The summed E-state index contributed by atoms with van der Waals surface area (Å²) in [5.41, 5.74) is 2.77. The molecule has 0 aliphatic heterocycles. The summed E-state index contributed by atoms with van der Waals surface area (Å²) < 4.78 is 0. The van der Waals surface area contributed by atoms with Crippen LogP contribution in [0.2, 0.25) is 0 Å². The third-order valence-electron chi connectivity index (χ3n) is 2.68. The summed E-state index contributed by atoms with van der Waals surface area (Å²) in [5.74, 6) is -0.152. The molecule has 92 valence electrons. The minimum Gasteiger partial charge on any atom is -0.273 e. The Hall–Kier alpha value is -2.13. The van der Waals surface area contributed by atoms with Crippen LogP contribution in [0.25, 0.3) is 11.1 Å². The quantitative estimate of drug-likeness (QED) is 0.772. The molecule has 3 nitrogen and oxygen atoms in total. The minimum absolute atomic E-state index is 0.152. The van der Waals surface area contributed by atoms with E-state index in [9.17, 15) is 4.79 Å². The molecule has 0 spiro atoms. The van der Waals surface area contributed by atoms with Crippen LogP contribution in [-0.2, 0) is 9.63 Å². The molecule has 0 bridgehead atoms. The van der Waals surface area contributed by atoms with E-state index in [0.717, 1.165) is 16.8 Å². The highest BCUT2D eigenvalue weighted by Crippen LogP contribution is 2.30. The van der Waals surface area contributed by atoms with Gasteiger partial charge in [0, 0.05) is 12.5 Å². The zero-order valence-corrected chi connectivity index (χ0v) is 10.5. The average Bonchev–Trinajstić information content (AvgIpc) is 2.41. The summed E-state index contributed by atoms with van der Waals surface area (Å²) in [6, 6.07) is 17.6. The zero-order chi connectivity index (χ0) is 13.0. The van der Waals surface area contributed by atoms with Gasteiger partial charge in [-0.2, -0.15) is 5.06 Å². The molecule has 0 fully saturated rings. The summed E-state index contributed by atoms with van der Waals surface area (Å²) in [5, 5.41) is 1.29. The van der Waals surface area contributed by atoms with Crippen LogP contribution in [0.1, 0.15) is 6.92 Å². The number of para-hydroxylation sites is 1. The van der Waals surface area contributed by atoms with E-state index in [4.69, 9.17) is 4.84 Å². The van der Waals surface area contributed by atoms with Crippen LogP contribution >= 0.6 is 0 Å². The topological polar surface area (TPSA) is 29.5 Å². The summed E-state index contributed by atoms with van der Waals surface area (Å²) >= 11 is 0. The van der Waals surface area contributed by atoms with Crippen molar-refractivity contribution in [1.82, 2.24) is 0 Å². The molecule has 2 aromatic rings. The van der Waals surface area contributed by atoms with Gasteiger partial charge in [-0.3, -0.25) is 9.63 Å². The number of amides is 1. The number of benzene rings is 2. The number of carbonyl (C=O) groups excluding carboxylic acids is 1. The van der Waals surface area contributed by atoms with Crippen LogP contribution in [0.5, 0.6) is 0 Å². The monoisotopic (exact) mass is 241 g/mol. The van der Waals surface area contributed by atoms with Crippen molar-refractivity contribution in [3.05, 3.63) is 54.6 Å². The highest BCUT2D eigenvalue weighted by molar-refractivity contribution is 5.94. The lowest BCUT2D eigenvalue weighted by molar-refractivity contribution is -0.122. The number of nitrogens with zero attached hydrogens (tertiary/aromatic N) is 1. The molecule has 0 aliphatic carbocycles. The highest BCUT2D eigenvalue weighted by Gasteiger charge is 2.15. The van der Waals surface area contributed by atoms with Crippen molar-refractivity contribution in [1.29, 1.82) is 0 Å². The first-order valence-corrected chi connectivity index (χ1v) is 5.73. The maximum Gasteiger partial charge on any atom is 0.247 e. The number of hydroxylamine groups is 1. The Bertz CT molecular complexity index is 537. The van der Waals surface area contributed by atoms with Gasteiger partial charge in [-0.1, -0.05) is 48.5 Å². The molecule has 0 aliphatic rings.